The van der Waals surface area contributed by atoms with Gasteiger partial charge in [-0.3, -0.25) is 4.79 Å². The lowest BCUT2D eigenvalue weighted by Gasteiger charge is -2.25. The van der Waals surface area contributed by atoms with Crippen LogP contribution in [0.5, 0.6) is 0 Å². The molecule has 1 aliphatic carbocycles. The first-order chi connectivity index (χ1) is 7.74. The van der Waals surface area contributed by atoms with E-state index in [0.717, 1.165) is 38.0 Å². The minimum absolute atomic E-state index is 0.0583. The minimum atomic E-state index is -0.593. The Labute approximate surface area is 98.7 Å². The molecule has 0 bridgehead atoms. The van der Waals surface area contributed by atoms with E-state index >= 15 is 0 Å². The third-order valence-electron chi connectivity index (χ3n) is 3.72. The Bertz CT molecular complexity index is 215. The van der Waals surface area contributed by atoms with Crippen molar-refractivity contribution in [3.63, 3.8) is 0 Å². The molecular formula is C14H24O2. The van der Waals surface area contributed by atoms with Crippen LogP contribution in [0.4, 0.5) is 0 Å². The van der Waals surface area contributed by atoms with E-state index in [1.165, 1.54) is 25.7 Å². The third kappa shape index (κ3) is 4.82. The van der Waals surface area contributed by atoms with Crippen molar-refractivity contribution >= 4 is 5.97 Å². The van der Waals surface area contributed by atoms with Gasteiger partial charge in [0, 0.05) is 0 Å². The number of rotatable bonds is 7. The molecule has 2 nitrogen and oxygen atoms in total. The van der Waals surface area contributed by atoms with Gasteiger partial charge in [-0.05, 0) is 44.4 Å². The Balaban J connectivity index is 2.03. The molecule has 2 heteroatoms. The molecule has 0 aromatic rings. The van der Waals surface area contributed by atoms with Crippen LogP contribution in [0.1, 0.15) is 57.8 Å². The highest BCUT2D eigenvalue weighted by Crippen LogP contribution is 2.32. The zero-order chi connectivity index (χ0) is 11.8. The van der Waals surface area contributed by atoms with Crippen LogP contribution in [0, 0.1) is 11.8 Å². The molecule has 0 saturated heterocycles. The summed E-state index contributed by atoms with van der Waals surface area (Å²) in [6.45, 7) is 3.72. The number of unbranched alkanes of at least 4 members (excludes halogenated alkanes) is 3. The average molecular weight is 224 g/mol. The molecule has 0 atom stereocenters. The summed E-state index contributed by atoms with van der Waals surface area (Å²) in [6.07, 6.45) is 12.3. The van der Waals surface area contributed by atoms with Crippen molar-refractivity contribution < 1.29 is 9.90 Å². The van der Waals surface area contributed by atoms with Crippen molar-refractivity contribution in [3.05, 3.63) is 12.7 Å². The smallest absolute Gasteiger partial charge is 0.306 e. The largest absolute Gasteiger partial charge is 0.481 e. The number of carboxylic acid groups (broad SMARTS) is 1. The summed E-state index contributed by atoms with van der Waals surface area (Å²) in [5.74, 6) is 0.140. The highest BCUT2D eigenvalue weighted by molar-refractivity contribution is 5.69. The fourth-order valence-corrected chi connectivity index (χ4v) is 2.60. The zero-order valence-electron chi connectivity index (χ0n) is 10.2. The standard InChI is InChI=1S/C14H24O2/c1-2-3-4-5-6-7-12-8-10-13(11-9-12)14(15)16/h2,12-13H,1,3-11H2,(H,15,16). The van der Waals surface area contributed by atoms with Gasteiger partial charge in [0.05, 0.1) is 5.92 Å². The summed E-state index contributed by atoms with van der Waals surface area (Å²) in [7, 11) is 0. The maximum atomic E-state index is 10.8. The number of carboxylic acids is 1. The van der Waals surface area contributed by atoms with Gasteiger partial charge in [0.15, 0.2) is 0 Å². The number of allylic oxidation sites excluding steroid dienone is 1. The van der Waals surface area contributed by atoms with Gasteiger partial charge in [-0.25, -0.2) is 0 Å². The molecule has 1 aliphatic rings. The highest BCUT2D eigenvalue weighted by Gasteiger charge is 2.25. The molecule has 0 aromatic heterocycles. The molecule has 1 rings (SSSR count). The zero-order valence-corrected chi connectivity index (χ0v) is 10.2. The monoisotopic (exact) mass is 224 g/mol. The van der Waals surface area contributed by atoms with Crippen LogP contribution in [-0.4, -0.2) is 11.1 Å². The van der Waals surface area contributed by atoms with E-state index < -0.39 is 5.97 Å². The Morgan fingerprint density at radius 1 is 1.19 bits per heavy atom. The van der Waals surface area contributed by atoms with Crippen molar-refractivity contribution in [2.45, 2.75) is 57.8 Å². The molecule has 0 aliphatic heterocycles. The van der Waals surface area contributed by atoms with E-state index in [0.29, 0.717) is 0 Å². The van der Waals surface area contributed by atoms with Crippen LogP contribution in [0.25, 0.3) is 0 Å². The average Bonchev–Trinajstić information content (AvgIpc) is 2.29. The normalized spacial score (nSPS) is 25.2. The van der Waals surface area contributed by atoms with Gasteiger partial charge in [0.25, 0.3) is 0 Å². The van der Waals surface area contributed by atoms with Crippen molar-refractivity contribution in [2.24, 2.45) is 11.8 Å². The maximum absolute atomic E-state index is 10.8. The molecule has 0 radical (unpaired) electrons. The SMILES string of the molecule is C=CCCCCCC1CCC(C(=O)O)CC1. The molecule has 1 fully saturated rings. The summed E-state index contributed by atoms with van der Waals surface area (Å²) in [5, 5.41) is 8.89. The molecule has 0 unspecified atom stereocenters. The summed E-state index contributed by atoms with van der Waals surface area (Å²) >= 11 is 0. The van der Waals surface area contributed by atoms with Crippen LogP contribution in [0.15, 0.2) is 12.7 Å². The maximum Gasteiger partial charge on any atom is 0.306 e. The fourth-order valence-electron chi connectivity index (χ4n) is 2.60. The molecule has 1 saturated carbocycles. The van der Waals surface area contributed by atoms with Crippen LogP contribution in [0.2, 0.25) is 0 Å². The van der Waals surface area contributed by atoms with Gasteiger partial charge >= 0.3 is 5.97 Å². The Morgan fingerprint density at radius 2 is 1.88 bits per heavy atom. The number of hydrogen-bond acceptors (Lipinski definition) is 1. The Hall–Kier alpha value is -0.790. The number of hydrogen-bond donors (Lipinski definition) is 1. The van der Waals surface area contributed by atoms with Crippen LogP contribution < -0.4 is 0 Å². The topological polar surface area (TPSA) is 37.3 Å². The fraction of sp³-hybridized carbons (Fsp3) is 0.786. The quantitative estimate of drug-likeness (QED) is 0.524. The van der Waals surface area contributed by atoms with Crippen LogP contribution in [0.3, 0.4) is 0 Å². The lowest BCUT2D eigenvalue weighted by molar-refractivity contribution is -0.143. The lowest BCUT2D eigenvalue weighted by atomic mass is 9.80. The van der Waals surface area contributed by atoms with Crippen LogP contribution in [-0.2, 0) is 4.79 Å². The molecule has 0 aromatic carbocycles. The molecule has 1 N–H and O–H groups in total. The van der Waals surface area contributed by atoms with E-state index in [1.54, 1.807) is 0 Å². The predicted molar refractivity (Wildman–Crippen MR) is 66.4 cm³/mol. The third-order valence-corrected chi connectivity index (χ3v) is 3.72. The van der Waals surface area contributed by atoms with Gasteiger partial charge in [0.2, 0.25) is 0 Å². The molecule has 0 heterocycles. The number of aliphatic carboxylic acids is 1. The molecule has 0 amide bonds. The van der Waals surface area contributed by atoms with E-state index in [1.807, 2.05) is 6.08 Å². The summed E-state index contributed by atoms with van der Waals surface area (Å²) in [6, 6.07) is 0. The van der Waals surface area contributed by atoms with Gasteiger partial charge in [-0.15, -0.1) is 6.58 Å². The molecule has 16 heavy (non-hydrogen) atoms. The van der Waals surface area contributed by atoms with E-state index in [9.17, 15) is 4.79 Å². The summed E-state index contributed by atoms with van der Waals surface area (Å²) < 4.78 is 0. The van der Waals surface area contributed by atoms with Crippen LogP contribution >= 0.6 is 0 Å². The summed E-state index contributed by atoms with van der Waals surface area (Å²) in [4.78, 5) is 10.8. The first-order valence-corrected chi connectivity index (χ1v) is 6.57. The van der Waals surface area contributed by atoms with E-state index in [4.69, 9.17) is 5.11 Å². The second kappa shape index (κ2) is 7.48. The minimum Gasteiger partial charge on any atom is -0.481 e. The Kier molecular flexibility index (Phi) is 6.20. The van der Waals surface area contributed by atoms with Crippen molar-refractivity contribution in [1.29, 1.82) is 0 Å². The molecular weight excluding hydrogens is 200 g/mol. The van der Waals surface area contributed by atoms with E-state index in [2.05, 4.69) is 6.58 Å². The Morgan fingerprint density at radius 3 is 2.44 bits per heavy atom. The summed E-state index contributed by atoms with van der Waals surface area (Å²) in [5.41, 5.74) is 0. The van der Waals surface area contributed by atoms with Gasteiger partial charge in [-0.1, -0.05) is 25.3 Å². The number of carbonyl (C=O) groups is 1. The van der Waals surface area contributed by atoms with Gasteiger partial charge < -0.3 is 5.11 Å². The van der Waals surface area contributed by atoms with Crippen molar-refractivity contribution in [3.8, 4) is 0 Å². The van der Waals surface area contributed by atoms with E-state index in [-0.39, 0.29) is 5.92 Å². The first-order valence-electron chi connectivity index (χ1n) is 6.57. The first kappa shape index (κ1) is 13.3. The predicted octanol–water partition coefficient (Wildman–Crippen LogP) is 4.01. The molecule has 92 valence electrons. The highest BCUT2D eigenvalue weighted by atomic mass is 16.4. The second-order valence-corrected chi connectivity index (χ2v) is 4.98. The van der Waals surface area contributed by atoms with Gasteiger partial charge in [-0.2, -0.15) is 0 Å². The second-order valence-electron chi connectivity index (χ2n) is 4.98. The lowest BCUT2D eigenvalue weighted by Crippen LogP contribution is -2.21. The van der Waals surface area contributed by atoms with Crippen molar-refractivity contribution in [2.75, 3.05) is 0 Å². The van der Waals surface area contributed by atoms with Gasteiger partial charge in [0.1, 0.15) is 0 Å². The molecule has 0 spiro atoms. The van der Waals surface area contributed by atoms with Crippen molar-refractivity contribution in [1.82, 2.24) is 0 Å².